The lowest BCUT2D eigenvalue weighted by Crippen LogP contribution is -2.28. The van der Waals surface area contributed by atoms with E-state index in [1.54, 1.807) is 11.8 Å². The highest BCUT2D eigenvalue weighted by Crippen LogP contribution is 2.29. The van der Waals surface area contributed by atoms with Gasteiger partial charge in [0, 0.05) is 30.1 Å². The van der Waals surface area contributed by atoms with Crippen LogP contribution in [0.15, 0.2) is 84.1 Å². The Kier molecular flexibility index (Phi) is 9.11. The molecule has 1 N–H and O–H groups in total. The predicted octanol–water partition coefficient (Wildman–Crippen LogP) is 6.65. The Bertz CT molecular complexity index is 1540. The first-order valence-corrected chi connectivity index (χ1v) is 14.5. The first-order valence-electron chi connectivity index (χ1n) is 13.5. The second-order valence-electron chi connectivity index (χ2n) is 9.46. The molecule has 3 aromatic carbocycles. The molecule has 1 aliphatic heterocycles. The number of amidine groups is 1. The van der Waals surface area contributed by atoms with Crippen LogP contribution in [0.2, 0.25) is 0 Å². The van der Waals surface area contributed by atoms with E-state index in [9.17, 15) is 18.0 Å². The second-order valence-corrected chi connectivity index (χ2v) is 10.5. The summed E-state index contributed by atoms with van der Waals surface area (Å²) in [6.45, 7) is 3.45. The molecule has 12 heteroatoms. The van der Waals surface area contributed by atoms with E-state index in [0.29, 0.717) is 18.1 Å². The molecule has 0 saturated carbocycles. The van der Waals surface area contributed by atoms with Crippen LogP contribution in [-0.2, 0) is 12.8 Å². The van der Waals surface area contributed by atoms with Crippen LogP contribution in [0.1, 0.15) is 24.5 Å². The summed E-state index contributed by atoms with van der Waals surface area (Å²) in [4.78, 5) is 23.3. The minimum Gasteiger partial charge on any atom is -0.406 e. The van der Waals surface area contributed by atoms with E-state index >= 15 is 0 Å². The number of rotatable bonds is 9. The molecule has 1 aromatic heterocycles. The van der Waals surface area contributed by atoms with Crippen LogP contribution in [0.5, 0.6) is 5.75 Å². The fourth-order valence-corrected chi connectivity index (χ4v) is 5.50. The minimum absolute atomic E-state index is 0.303. The number of amides is 2. The lowest BCUT2D eigenvalue weighted by Gasteiger charge is -2.20. The number of hydrogen-bond acceptors (Lipinski definition) is 5. The average molecular weight is 595 g/mol. The zero-order chi connectivity index (χ0) is 29.5. The smallest absolute Gasteiger partial charge is 0.406 e. The number of aromatic nitrogens is 3. The van der Waals surface area contributed by atoms with Crippen molar-refractivity contribution < 1.29 is 22.7 Å². The lowest BCUT2D eigenvalue weighted by atomic mass is 10.1. The van der Waals surface area contributed by atoms with Crippen molar-refractivity contribution in [2.24, 2.45) is 4.99 Å². The van der Waals surface area contributed by atoms with Gasteiger partial charge in [0.05, 0.1) is 5.69 Å². The maximum atomic E-state index is 12.5. The van der Waals surface area contributed by atoms with Crippen LogP contribution in [-0.4, -0.2) is 51.2 Å². The topological polar surface area (TPSA) is 84.6 Å². The number of halogens is 3. The van der Waals surface area contributed by atoms with Crippen molar-refractivity contribution >= 4 is 28.6 Å². The molecule has 0 spiro atoms. The number of carbonyl (C=O) groups excluding carboxylic acids is 1. The maximum absolute atomic E-state index is 12.5. The molecular formula is C30H29F3N6O2S. The molecular weight excluding hydrogens is 565 g/mol. The largest absolute Gasteiger partial charge is 0.573 e. The SMILES string of the molecule is CCc1ccccc1N1CCS/C1=N\C(=O)NCCCc1ccc(-c2ncn(-c3ccc(OC(F)(F)F)cc3)n2)cc1. The van der Waals surface area contributed by atoms with Crippen molar-refractivity contribution in [2.45, 2.75) is 32.5 Å². The molecule has 2 heterocycles. The number of aryl methyl sites for hydroxylation is 2. The van der Waals surface area contributed by atoms with Crippen LogP contribution in [0, 0.1) is 0 Å². The number of para-hydroxylation sites is 1. The molecule has 0 bridgehead atoms. The van der Waals surface area contributed by atoms with Crippen LogP contribution in [0.25, 0.3) is 17.1 Å². The van der Waals surface area contributed by atoms with Crippen molar-refractivity contribution in [1.29, 1.82) is 0 Å². The third kappa shape index (κ3) is 7.49. The normalized spacial score (nSPS) is 14.4. The van der Waals surface area contributed by atoms with Crippen molar-refractivity contribution in [3.05, 3.63) is 90.3 Å². The molecule has 0 radical (unpaired) electrons. The highest BCUT2D eigenvalue weighted by Gasteiger charge is 2.31. The van der Waals surface area contributed by atoms with Crippen molar-refractivity contribution in [2.75, 3.05) is 23.7 Å². The van der Waals surface area contributed by atoms with E-state index in [1.807, 2.05) is 36.4 Å². The van der Waals surface area contributed by atoms with Gasteiger partial charge in [0.1, 0.15) is 12.1 Å². The van der Waals surface area contributed by atoms with Gasteiger partial charge in [-0.1, -0.05) is 61.2 Å². The van der Waals surface area contributed by atoms with Gasteiger partial charge in [0.25, 0.3) is 0 Å². The van der Waals surface area contributed by atoms with E-state index in [1.165, 1.54) is 40.8 Å². The molecule has 1 saturated heterocycles. The number of thioether (sulfide) groups is 1. The summed E-state index contributed by atoms with van der Waals surface area (Å²) in [7, 11) is 0. The quantitative estimate of drug-likeness (QED) is 0.219. The molecule has 5 rings (SSSR count). The zero-order valence-electron chi connectivity index (χ0n) is 22.8. The number of nitrogens with one attached hydrogen (secondary N) is 1. The van der Waals surface area contributed by atoms with Crippen LogP contribution < -0.4 is 15.0 Å². The minimum atomic E-state index is -4.74. The fraction of sp³-hybridized carbons (Fsp3) is 0.267. The van der Waals surface area contributed by atoms with Gasteiger partial charge in [0.15, 0.2) is 11.0 Å². The Morgan fingerprint density at radius 2 is 1.83 bits per heavy atom. The van der Waals surface area contributed by atoms with Crippen molar-refractivity contribution in [1.82, 2.24) is 20.1 Å². The Morgan fingerprint density at radius 1 is 1.07 bits per heavy atom. The van der Waals surface area contributed by atoms with Gasteiger partial charge in [-0.15, -0.1) is 18.3 Å². The fourth-order valence-electron chi connectivity index (χ4n) is 4.55. The van der Waals surface area contributed by atoms with Crippen LogP contribution in [0.3, 0.4) is 0 Å². The first-order chi connectivity index (χ1) is 20.3. The number of nitrogens with zero attached hydrogens (tertiary/aromatic N) is 5. The summed E-state index contributed by atoms with van der Waals surface area (Å²) in [6.07, 6.45) is -0.794. The number of benzene rings is 3. The predicted molar refractivity (Wildman–Crippen MR) is 158 cm³/mol. The number of hydrogen-bond donors (Lipinski definition) is 1. The summed E-state index contributed by atoms with van der Waals surface area (Å²) in [5.41, 5.74) is 4.80. The Labute approximate surface area is 245 Å². The van der Waals surface area contributed by atoms with Crippen LogP contribution >= 0.6 is 11.8 Å². The second kappa shape index (κ2) is 13.1. The maximum Gasteiger partial charge on any atom is 0.573 e. The summed E-state index contributed by atoms with van der Waals surface area (Å²) in [5.74, 6) is 1.08. The molecule has 1 fully saturated rings. The Morgan fingerprint density at radius 3 is 2.57 bits per heavy atom. The molecule has 4 aromatic rings. The van der Waals surface area contributed by atoms with Gasteiger partial charge in [-0.25, -0.2) is 14.5 Å². The van der Waals surface area contributed by atoms with Gasteiger partial charge in [-0.3, -0.25) is 0 Å². The summed E-state index contributed by atoms with van der Waals surface area (Å²) < 4.78 is 42.5. The van der Waals surface area contributed by atoms with Gasteiger partial charge < -0.3 is 15.0 Å². The number of anilines is 1. The zero-order valence-corrected chi connectivity index (χ0v) is 23.7. The summed E-state index contributed by atoms with van der Waals surface area (Å²) >= 11 is 1.59. The van der Waals surface area contributed by atoms with E-state index in [-0.39, 0.29) is 11.8 Å². The summed E-state index contributed by atoms with van der Waals surface area (Å²) in [6, 6.07) is 21.1. The third-order valence-corrected chi connectivity index (χ3v) is 7.55. The molecule has 42 heavy (non-hydrogen) atoms. The standard InChI is InChI=1S/C30H29F3N6O2S/c1-2-22-7-3-4-8-26(22)38-18-19-42-29(38)36-28(40)34-17-5-6-21-9-11-23(12-10-21)27-35-20-39(37-27)24-13-15-25(16-14-24)41-30(31,32)33/h3-4,7-16,20H,2,5-6,17-19H2,1H3,(H,34,40)/b36-29-. The van der Waals surface area contributed by atoms with Gasteiger partial charge in [-0.2, -0.15) is 4.99 Å². The average Bonchev–Trinajstić information content (AvgIpc) is 3.66. The lowest BCUT2D eigenvalue weighted by molar-refractivity contribution is -0.274. The van der Waals surface area contributed by atoms with E-state index < -0.39 is 6.36 Å². The van der Waals surface area contributed by atoms with Gasteiger partial charge in [0.2, 0.25) is 0 Å². The van der Waals surface area contributed by atoms with E-state index in [4.69, 9.17) is 0 Å². The molecule has 8 nitrogen and oxygen atoms in total. The molecule has 0 atom stereocenters. The number of ether oxygens (including phenoxy) is 1. The third-order valence-electron chi connectivity index (χ3n) is 6.59. The van der Waals surface area contributed by atoms with E-state index in [0.717, 1.165) is 53.5 Å². The van der Waals surface area contributed by atoms with Crippen LogP contribution in [0.4, 0.5) is 23.7 Å². The van der Waals surface area contributed by atoms with Crippen molar-refractivity contribution in [3.8, 4) is 22.8 Å². The molecule has 1 aliphatic rings. The Balaban J connectivity index is 1.10. The first kappa shape index (κ1) is 29.2. The highest BCUT2D eigenvalue weighted by atomic mass is 32.2. The molecule has 0 aliphatic carbocycles. The number of carbonyl (C=O) groups is 1. The number of alkyl halides is 3. The molecule has 218 valence electrons. The summed E-state index contributed by atoms with van der Waals surface area (Å²) in [5, 5.41) is 8.06. The highest BCUT2D eigenvalue weighted by molar-refractivity contribution is 8.14. The van der Waals surface area contributed by atoms with Gasteiger partial charge >= 0.3 is 12.4 Å². The number of urea groups is 1. The van der Waals surface area contributed by atoms with E-state index in [2.05, 4.69) is 49.1 Å². The van der Waals surface area contributed by atoms with Gasteiger partial charge in [-0.05, 0) is 60.7 Å². The number of aliphatic imine (C=N–C) groups is 1. The molecule has 0 unspecified atom stereocenters. The monoisotopic (exact) mass is 594 g/mol. The Hall–Kier alpha value is -4.32. The van der Waals surface area contributed by atoms with Crippen molar-refractivity contribution in [3.63, 3.8) is 0 Å². The molecule has 2 amide bonds.